The summed E-state index contributed by atoms with van der Waals surface area (Å²) in [5.41, 5.74) is 3.00. The first-order chi connectivity index (χ1) is 14.6. The minimum atomic E-state index is -0.447. The summed E-state index contributed by atoms with van der Waals surface area (Å²) in [5.74, 6) is -1.19. The van der Waals surface area contributed by atoms with Gasteiger partial charge in [0, 0.05) is 18.4 Å². The number of rotatable bonds is 3. The zero-order chi connectivity index (χ0) is 20.7. The van der Waals surface area contributed by atoms with Gasteiger partial charge in [0.2, 0.25) is 5.78 Å². The molecular formula is C24H23N3O3. The molecule has 1 N–H and O–H groups in total. The minimum absolute atomic E-state index is 0.0130. The molecule has 0 unspecified atom stereocenters. The molecule has 0 saturated carbocycles. The number of fused-ring (bicyclic) bond motifs is 2. The molecule has 0 aromatic heterocycles. The summed E-state index contributed by atoms with van der Waals surface area (Å²) in [6.07, 6.45) is 4.66. The van der Waals surface area contributed by atoms with Gasteiger partial charge in [-0.3, -0.25) is 14.6 Å². The summed E-state index contributed by atoms with van der Waals surface area (Å²) >= 11 is 0. The molecule has 3 heterocycles. The second-order valence-corrected chi connectivity index (χ2v) is 7.82. The number of Topliss-reactive ketones (excluding diaryl/α,β-unsaturated/α-hetero) is 1. The average Bonchev–Trinajstić information content (AvgIpc) is 2.79. The third-order valence-electron chi connectivity index (χ3n) is 5.96. The van der Waals surface area contributed by atoms with Gasteiger partial charge < -0.3 is 10.0 Å². The number of carbonyl (C=O) groups is 2. The van der Waals surface area contributed by atoms with Crippen molar-refractivity contribution in [3.05, 3.63) is 95.1 Å². The predicted molar refractivity (Wildman–Crippen MR) is 112 cm³/mol. The Balaban J connectivity index is 1.67. The van der Waals surface area contributed by atoms with E-state index in [1.807, 2.05) is 71.9 Å². The van der Waals surface area contributed by atoms with Crippen molar-refractivity contribution in [3.8, 4) is 0 Å². The van der Waals surface area contributed by atoms with Crippen molar-refractivity contribution in [2.75, 3.05) is 13.1 Å². The number of nitrogens with zero attached hydrogens (tertiary/aromatic N) is 3. The largest absolute Gasteiger partial charge is 0.503 e. The maximum absolute atomic E-state index is 13.2. The van der Waals surface area contributed by atoms with Gasteiger partial charge in [0.1, 0.15) is 0 Å². The Morgan fingerprint density at radius 3 is 2.13 bits per heavy atom. The van der Waals surface area contributed by atoms with E-state index in [0.717, 1.165) is 36.1 Å². The van der Waals surface area contributed by atoms with Crippen LogP contribution in [0, 0.1) is 0 Å². The SMILES string of the molecule is O=C1CN(C(c2ccccc2)c2ccccc2)N2C=C3CCCCN3C(=O)C2=C1O. The van der Waals surface area contributed by atoms with Crippen LogP contribution in [-0.2, 0) is 9.59 Å². The summed E-state index contributed by atoms with van der Waals surface area (Å²) in [7, 11) is 0. The van der Waals surface area contributed by atoms with E-state index < -0.39 is 11.5 Å². The fourth-order valence-electron chi connectivity index (χ4n) is 4.52. The molecule has 0 spiro atoms. The normalized spacial score (nSPS) is 19.7. The first-order valence-electron chi connectivity index (χ1n) is 10.3. The minimum Gasteiger partial charge on any atom is -0.503 e. The topological polar surface area (TPSA) is 64.1 Å². The molecule has 1 fully saturated rings. The number of hydrogen-bond donors (Lipinski definition) is 1. The zero-order valence-corrected chi connectivity index (χ0v) is 16.6. The van der Waals surface area contributed by atoms with Crippen LogP contribution in [0.2, 0.25) is 0 Å². The summed E-state index contributed by atoms with van der Waals surface area (Å²) in [6.45, 7) is 0.602. The maximum atomic E-state index is 13.2. The number of aliphatic hydroxyl groups is 1. The van der Waals surface area contributed by atoms with Crippen molar-refractivity contribution in [1.29, 1.82) is 0 Å². The Bertz CT molecular complexity index is 1010. The van der Waals surface area contributed by atoms with Crippen LogP contribution in [0.4, 0.5) is 0 Å². The van der Waals surface area contributed by atoms with Crippen LogP contribution >= 0.6 is 0 Å². The first-order valence-corrected chi connectivity index (χ1v) is 10.3. The second kappa shape index (κ2) is 7.46. The lowest BCUT2D eigenvalue weighted by molar-refractivity contribution is -0.140. The number of hydrazine groups is 1. The molecule has 0 bridgehead atoms. The average molecular weight is 401 g/mol. The summed E-state index contributed by atoms with van der Waals surface area (Å²) < 4.78 is 0. The number of piperidine rings is 1. The molecule has 0 radical (unpaired) electrons. The molecule has 6 heteroatoms. The highest BCUT2D eigenvalue weighted by molar-refractivity contribution is 6.06. The third-order valence-corrected chi connectivity index (χ3v) is 5.96. The summed E-state index contributed by atoms with van der Waals surface area (Å²) in [4.78, 5) is 27.7. The lowest BCUT2D eigenvalue weighted by Gasteiger charge is -2.47. The number of amides is 1. The van der Waals surface area contributed by atoms with Crippen LogP contribution < -0.4 is 0 Å². The van der Waals surface area contributed by atoms with Crippen molar-refractivity contribution in [3.63, 3.8) is 0 Å². The molecule has 1 amide bonds. The van der Waals surface area contributed by atoms with E-state index in [1.165, 1.54) is 0 Å². The van der Waals surface area contributed by atoms with Gasteiger partial charge in [0.05, 0.1) is 12.6 Å². The third kappa shape index (κ3) is 3.00. The van der Waals surface area contributed by atoms with Gasteiger partial charge in [0.25, 0.3) is 5.91 Å². The smallest absolute Gasteiger partial charge is 0.280 e. The lowest BCUT2D eigenvalue weighted by atomic mass is 9.96. The number of ketones is 1. The fourth-order valence-corrected chi connectivity index (χ4v) is 4.52. The Kier molecular flexibility index (Phi) is 4.64. The molecular weight excluding hydrogens is 378 g/mol. The molecule has 2 aromatic carbocycles. The Hall–Kier alpha value is -3.38. The molecule has 3 aliphatic rings. The van der Waals surface area contributed by atoms with Crippen LogP contribution in [-0.4, -0.2) is 44.8 Å². The van der Waals surface area contributed by atoms with Crippen LogP contribution in [0.5, 0.6) is 0 Å². The van der Waals surface area contributed by atoms with Crippen LogP contribution in [0.1, 0.15) is 36.4 Å². The molecule has 2 aromatic rings. The van der Waals surface area contributed by atoms with Crippen molar-refractivity contribution in [2.24, 2.45) is 0 Å². The van der Waals surface area contributed by atoms with Crippen LogP contribution in [0.15, 0.2) is 84.0 Å². The van der Waals surface area contributed by atoms with E-state index in [-0.39, 0.29) is 24.2 Å². The number of aliphatic hydroxyl groups excluding tert-OH is 1. The lowest BCUT2D eigenvalue weighted by Crippen LogP contribution is -2.55. The van der Waals surface area contributed by atoms with Gasteiger partial charge in [-0.15, -0.1) is 0 Å². The molecule has 152 valence electrons. The standard InChI is InChI=1S/C24H23N3O3/c28-20-16-27(21(17-9-3-1-4-10-17)18-11-5-2-6-12-18)26-15-19-13-7-8-14-25(19)24(30)22(26)23(20)29/h1-6,9-12,15,21,29H,7-8,13-14,16H2. The van der Waals surface area contributed by atoms with Crippen molar-refractivity contribution in [2.45, 2.75) is 25.3 Å². The number of carbonyl (C=O) groups excluding carboxylic acids is 2. The predicted octanol–water partition coefficient (Wildman–Crippen LogP) is 3.51. The first kappa shape index (κ1) is 18.6. The van der Waals surface area contributed by atoms with E-state index >= 15 is 0 Å². The van der Waals surface area contributed by atoms with Crippen molar-refractivity contribution < 1.29 is 14.7 Å². The number of hydrogen-bond acceptors (Lipinski definition) is 5. The molecule has 3 aliphatic heterocycles. The molecule has 0 atom stereocenters. The maximum Gasteiger partial charge on any atom is 0.280 e. The Morgan fingerprint density at radius 2 is 1.50 bits per heavy atom. The van der Waals surface area contributed by atoms with Crippen molar-refractivity contribution >= 4 is 11.7 Å². The number of allylic oxidation sites excluding steroid dienone is 1. The van der Waals surface area contributed by atoms with E-state index in [0.29, 0.717) is 6.54 Å². The molecule has 30 heavy (non-hydrogen) atoms. The van der Waals surface area contributed by atoms with Gasteiger partial charge in [-0.1, -0.05) is 60.7 Å². The number of benzene rings is 2. The molecule has 5 rings (SSSR count). The summed E-state index contributed by atoms with van der Waals surface area (Å²) in [6, 6.07) is 19.6. The highest BCUT2D eigenvalue weighted by atomic mass is 16.3. The fraction of sp³-hybridized carbons (Fsp3) is 0.250. The van der Waals surface area contributed by atoms with Gasteiger partial charge in [-0.2, -0.15) is 5.01 Å². The van der Waals surface area contributed by atoms with E-state index in [4.69, 9.17) is 0 Å². The quantitative estimate of drug-likeness (QED) is 0.853. The van der Waals surface area contributed by atoms with E-state index in [9.17, 15) is 14.7 Å². The van der Waals surface area contributed by atoms with Crippen LogP contribution in [0.25, 0.3) is 0 Å². The van der Waals surface area contributed by atoms with Crippen molar-refractivity contribution in [1.82, 2.24) is 14.9 Å². The van der Waals surface area contributed by atoms with Gasteiger partial charge in [-0.05, 0) is 30.4 Å². The highest BCUT2D eigenvalue weighted by Crippen LogP contribution is 2.38. The van der Waals surface area contributed by atoms with Gasteiger partial charge in [-0.25, -0.2) is 0 Å². The zero-order valence-electron chi connectivity index (χ0n) is 16.6. The molecule has 6 nitrogen and oxygen atoms in total. The second-order valence-electron chi connectivity index (χ2n) is 7.82. The highest BCUT2D eigenvalue weighted by Gasteiger charge is 2.44. The van der Waals surface area contributed by atoms with Gasteiger partial charge in [0.15, 0.2) is 11.5 Å². The van der Waals surface area contributed by atoms with E-state index in [1.54, 1.807) is 9.91 Å². The van der Waals surface area contributed by atoms with E-state index in [2.05, 4.69) is 0 Å². The molecule has 0 aliphatic carbocycles. The molecule has 1 saturated heterocycles. The summed E-state index contributed by atoms with van der Waals surface area (Å²) in [5, 5.41) is 14.2. The monoisotopic (exact) mass is 401 g/mol. The van der Waals surface area contributed by atoms with Gasteiger partial charge >= 0.3 is 0 Å². The Labute approximate surface area is 175 Å². The Morgan fingerprint density at radius 1 is 0.867 bits per heavy atom. The van der Waals surface area contributed by atoms with Crippen LogP contribution in [0.3, 0.4) is 0 Å².